The van der Waals surface area contributed by atoms with Crippen LogP contribution in [0.1, 0.15) is 29.8 Å². The topological polar surface area (TPSA) is 84.2 Å². The Labute approximate surface area is 107 Å². The van der Waals surface area contributed by atoms with Crippen molar-refractivity contribution in [1.82, 2.24) is 10.6 Å². The van der Waals surface area contributed by atoms with E-state index in [4.69, 9.17) is 5.73 Å². The molecule has 0 saturated heterocycles. The minimum Gasteiger partial charge on any atom is -0.399 e. The lowest BCUT2D eigenvalue weighted by Crippen LogP contribution is -2.44. The van der Waals surface area contributed by atoms with Gasteiger partial charge in [0.05, 0.1) is 0 Å². The Morgan fingerprint density at radius 1 is 1.39 bits per heavy atom. The zero-order valence-electron chi connectivity index (χ0n) is 10.9. The van der Waals surface area contributed by atoms with E-state index in [-0.39, 0.29) is 11.8 Å². The summed E-state index contributed by atoms with van der Waals surface area (Å²) < 4.78 is 0. The number of nitrogens with one attached hydrogen (secondary N) is 2. The fourth-order valence-electron chi connectivity index (χ4n) is 1.55. The second-order valence-corrected chi connectivity index (χ2v) is 4.16. The molecule has 1 rings (SSSR count). The third-order valence-corrected chi connectivity index (χ3v) is 2.60. The van der Waals surface area contributed by atoms with Gasteiger partial charge in [-0.1, -0.05) is 6.07 Å². The molecule has 0 fully saturated rings. The van der Waals surface area contributed by atoms with E-state index >= 15 is 0 Å². The Balaban J connectivity index is 2.76. The van der Waals surface area contributed by atoms with Gasteiger partial charge in [-0.25, -0.2) is 0 Å². The van der Waals surface area contributed by atoms with E-state index in [0.29, 0.717) is 17.8 Å². The smallest absolute Gasteiger partial charge is 0.252 e. The van der Waals surface area contributed by atoms with E-state index in [0.717, 1.165) is 5.56 Å². The Bertz CT molecular complexity index is 458. The van der Waals surface area contributed by atoms with Crippen molar-refractivity contribution in [3.05, 3.63) is 29.3 Å². The predicted octanol–water partition coefficient (Wildman–Crippen LogP) is 0.832. The van der Waals surface area contributed by atoms with E-state index < -0.39 is 6.04 Å². The summed E-state index contributed by atoms with van der Waals surface area (Å²) in [7, 11) is 0. The largest absolute Gasteiger partial charge is 0.399 e. The number of nitrogens with two attached hydrogens (primary N) is 1. The van der Waals surface area contributed by atoms with Crippen molar-refractivity contribution in [2.45, 2.75) is 26.8 Å². The molecule has 0 radical (unpaired) electrons. The molecule has 0 heterocycles. The molecule has 5 nitrogen and oxygen atoms in total. The molecule has 2 amide bonds. The number of carbonyl (C=O) groups is 2. The molecule has 0 bridgehead atoms. The van der Waals surface area contributed by atoms with Crippen LogP contribution in [-0.4, -0.2) is 24.4 Å². The molecule has 4 N–H and O–H groups in total. The molecule has 0 aliphatic heterocycles. The fourth-order valence-corrected chi connectivity index (χ4v) is 1.55. The highest BCUT2D eigenvalue weighted by Crippen LogP contribution is 2.12. The summed E-state index contributed by atoms with van der Waals surface area (Å²) in [5.41, 5.74) is 7.48. The number of carbonyl (C=O) groups excluding carboxylic acids is 2. The van der Waals surface area contributed by atoms with E-state index in [1.807, 2.05) is 13.8 Å². The van der Waals surface area contributed by atoms with Crippen LogP contribution in [0.3, 0.4) is 0 Å². The average molecular weight is 249 g/mol. The Hall–Kier alpha value is -2.04. The summed E-state index contributed by atoms with van der Waals surface area (Å²) >= 11 is 0. The molecule has 18 heavy (non-hydrogen) atoms. The first-order valence-corrected chi connectivity index (χ1v) is 5.90. The Morgan fingerprint density at radius 3 is 2.67 bits per heavy atom. The number of aryl methyl sites for hydroxylation is 1. The normalized spacial score (nSPS) is 11.7. The van der Waals surface area contributed by atoms with Crippen LogP contribution < -0.4 is 16.4 Å². The Kier molecular flexibility index (Phi) is 4.71. The number of hydrogen-bond acceptors (Lipinski definition) is 3. The summed E-state index contributed by atoms with van der Waals surface area (Å²) in [5.74, 6) is -0.494. The average Bonchev–Trinajstić information content (AvgIpc) is 2.32. The van der Waals surface area contributed by atoms with Crippen molar-refractivity contribution < 1.29 is 9.59 Å². The van der Waals surface area contributed by atoms with Gasteiger partial charge in [0.2, 0.25) is 5.91 Å². The first-order valence-electron chi connectivity index (χ1n) is 5.90. The third kappa shape index (κ3) is 3.48. The summed E-state index contributed by atoms with van der Waals surface area (Å²) in [4.78, 5) is 23.5. The number of amides is 2. The number of hydrogen-bond donors (Lipinski definition) is 3. The molecule has 1 aromatic carbocycles. The lowest BCUT2D eigenvalue weighted by atomic mass is 10.1. The van der Waals surface area contributed by atoms with Crippen molar-refractivity contribution in [1.29, 1.82) is 0 Å². The highest BCUT2D eigenvalue weighted by Gasteiger charge is 2.17. The first-order chi connectivity index (χ1) is 8.45. The van der Waals surface area contributed by atoms with Crippen molar-refractivity contribution in [3.63, 3.8) is 0 Å². The predicted molar refractivity (Wildman–Crippen MR) is 71.2 cm³/mol. The number of likely N-dealkylation sites (N-methyl/N-ethyl adjacent to an activating group) is 1. The molecule has 5 heteroatoms. The Morgan fingerprint density at radius 2 is 2.06 bits per heavy atom. The van der Waals surface area contributed by atoms with E-state index in [2.05, 4.69) is 10.6 Å². The summed E-state index contributed by atoms with van der Waals surface area (Å²) in [6, 6.07) is 4.55. The number of rotatable bonds is 4. The molecule has 1 unspecified atom stereocenters. The van der Waals surface area contributed by atoms with Gasteiger partial charge in [-0.15, -0.1) is 0 Å². The lowest BCUT2D eigenvalue weighted by Gasteiger charge is -2.14. The van der Waals surface area contributed by atoms with Gasteiger partial charge in [0.25, 0.3) is 5.91 Å². The molecule has 1 aromatic rings. The van der Waals surface area contributed by atoms with Crippen molar-refractivity contribution >= 4 is 17.5 Å². The van der Waals surface area contributed by atoms with Crippen molar-refractivity contribution in [2.75, 3.05) is 12.3 Å². The molecule has 98 valence electrons. The maximum absolute atomic E-state index is 12.0. The van der Waals surface area contributed by atoms with E-state index in [1.165, 1.54) is 0 Å². The molecule has 0 aromatic heterocycles. The van der Waals surface area contributed by atoms with E-state index in [9.17, 15) is 9.59 Å². The van der Waals surface area contributed by atoms with Crippen LogP contribution in [0.5, 0.6) is 0 Å². The van der Waals surface area contributed by atoms with Crippen LogP contribution in [0, 0.1) is 6.92 Å². The molecule has 1 atom stereocenters. The molecular formula is C13H19N3O2. The molecule has 0 aliphatic carbocycles. The molecule has 0 spiro atoms. The van der Waals surface area contributed by atoms with Gasteiger partial charge in [0.15, 0.2) is 0 Å². The van der Waals surface area contributed by atoms with Gasteiger partial charge in [0, 0.05) is 17.8 Å². The van der Waals surface area contributed by atoms with E-state index in [1.54, 1.807) is 25.1 Å². The minimum atomic E-state index is -0.571. The monoisotopic (exact) mass is 249 g/mol. The number of anilines is 1. The standard InChI is InChI=1S/C13H19N3O2/c1-4-15-12(17)9(3)16-13(18)11-7-10(14)6-5-8(11)2/h5-7,9H,4,14H2,1-3H3,(H,15,17)(H,16,18). The number of nitrogen functional groups attached to an aromatic ring is 1. The summed E-state index contributed by atoms with van der Waals surface area (Å²) in [6.07, 6.45) is 0. The zero-order chi connectivity index (χ0) is 13.7. The van der Waals surface area contributed by atoms with Gasteiger partial charge < -0.3 is 16.4 Å². The third-order valence-electron chi connectivity index (χ3n) is 2.60. The van der Waals surface area contributed by atoms with Gasteiger partial charge in [0.1, 0.15) is 6.04 Å². The van der Waals surface area contributed by atoms with Gasteiger partial charge in [-0.2, -0.15) is 0 Å². The number of benzene rings is 1. The van der Waals surface area contributed by atoms with Crippen LogP contribution in [0.15, 0.2) is 18.2 Å². The van der Waals surface area contributed by atoms with Crippen molar-refractivity contribution in [3.8, 4) is 0 Å². The van der Waals surface area contributed by atoms with Gasteiger partial charge >= 0.3 is 0 Å². The quantitative estimate of drug-likeness (QED) is 0.691. The molecule has 0 aliphatic rings. The fraction of sp³-hybridized carbons (Fsp3) is 0.385. The van der Waals surface area contributed by atoms with Crippen LogP contribution >= 0.6 is 0 Å². The summed E-state index contributed by atoms with van der Waals surface area (Å²) in [5, 5.41) is 5.29. The van der Waals surface area contributed by atoms with Gasteiger partial charge in [-0.3, -0.25) is 9.59 Å². The van der Waals surface area contributed by atoms with Crippen LogP contribution in [0.25, 0.3) is 0 Å². The zero-order valence-corrected chi connectivity index (χ0v) is 10.9. The second kappa shape index (κ2) is 6.05. The minimum absolute atomic E-state index is 0.201. The molecular weight excluding hydrogens is 230 g/mol. The lowest BCUT2D eigenvalue weighted by molar-refractivity contribution is -0.122. The first kappa shape index (κ1) is 14.0. The molecule has 0 saturated carbocycles. The van der Waals surface area contributed by atoms with Crippen molar-refractivity contribution in [2.24, 2.45) is 0 Å². The van der Waals surface area contributed by atoms with Gasteiger partial charge in [-0.05, 0) is 38.5 Å². The van der Waals surface area contributed by atoms with Crippen LogP contribution in [-0.2, 0) is 4.79 Å². The maximum atomic E-state index is 12.0. The SMILES string of the molecule is CCNC(=O)C(C)NC(=O)c1cc(N)ccc1C. The van der Waals surface area contributed by atoms with Crippen LogP contribution in [0.4, 0.5) is 5.69 Å². The highest BCUT2D eigenvalue weighted by molar-refractivity contribution is 5.99. The highest BCUT2D eigenvalue weighted by atomic mass is 16.2. The maximum Gasteiger partial charge on any atom is 0.252 e. The summed E-state index contributed by atoms with van der Waals surface area (Å²) in [6.45, 7) is 5.83. The van der Waals surface area contributed by atoms with Crippen LogP contribution in [0.2, 0.25) is 0 Å². The second-order valence-electron chi connectivity index (χ2n) is 4.16.